The normalized spacial score (nSPS) is 16.6. The molecule has 0 bridgehead atoms. The number of carbonyl (C=O) groups is 2. The molecule has 158 valence electrons. The Morgan fingerprint density at radius 2 is 1.74 bits per heavy atom. The summed E-state index contributed by atoms with van der Waals surface area (Å²) in [6.07, 6.45) is 4.80. The largest absolute Gasteiger partial charge is 0.331 e. The van der Waals surface area contributed by atoms with Crippen molar-refractivity contribution in [3.05, 3.63) is 83.0 Å². The van der Waals surface area contributed by atoms with E-state index in [0.29, 0.717) is 10.7 Å². The van der Waals surface area contributed by atoms with Crippen LogP contribution in [0.2, 0.25) is 5.02 Å². The lowest BCUT2D eigenvalue weighted by Crippen LogP contribution is -2.41. The number of allylic oxidation sites excluding steroid dienone is 2. The first-order valence-corrected chi connectivity index (χ1v) is 11.3. The third kappa shape index (κ3) is 4.68. The number of amidine groups is 1. The van der Waals surface area contributed by atoms with E-state index >= 15 is 0 Å². The second-order valence-corrected chi connectivity index (χ2v) is 8.97. The van der Waals surface area contributed by atoms with Crippen molar-refractivity contribution >= 4 is 50.6 Å². The van der Waals surface area contributed by atoms with Crippen LogP contribution < -0.4 is 10.6 Å². The van der Waals surface area contributed by atoms with E-state index < -0.39 is 21.8 Å². The van der Waals surface area contributed by atoms with Gasteiger partial charge in [0.1, 0.15) is 0 Å². The van der Waals surface area contributed by atoms with Crippen LogP contribution in [0.25, 0.3) is 0 Å². The van der Waals surface area contributed by atoms with Crippen LogP contribution in [0.1, 0.15) is 10.4 Å². The van der Waals surface area contributed by atoms with Gasteiger partial charge in [-0.15, -0.1) is 4.40 Å². The molecule has 0 aromatic heterocycles. The molecule has 0 unspecified atom stereocenters. The summed E-state index contributed by atoms with van der Waals surface area (Å²) in [5, 5.41) is 5.98. The molecule has 8 nitrogen and oxygen atoms in total. The highest BCUT2D eigenvalue weighted by molar-refractivity contribution is 7.90. The molecular formula is C21H17ClN4O4S. The number of carbonyl (C=O) groups excluding carboxylic acids is 2. The molecule has 0 spiro atoms. The standard InChI is InChI=1S/C21H17ClN4O4S/c22-14-7-9-15(10-8-14)23-20(27)16-4-1-2-6-18(16)24-21(28)17-5-3-11-26-12-13-31(29,30)25-19(17)26/h1-11H,12-13H2,(H,23,27)(H,24,28). The molecular weight excluding hydrogens is 440 g/mol. The Labute approximate surface area is 184 Å². The van der Waals surface area contributed by atoms with Crippen molar-refractivity contribution in [2.75, 3.05) is 22.9 Å². The number of amides is 2. The molecule has 10 heteroatoms. The lowest BCUT2D eigenvalue weighted by Gasteiger charge is -2.28. The van der Waals surface area contributed by atoms with Gasteiger partial charge in [-0.05, 0) is 48.6 Å². The van der Waals surface area contributed by atoms with Crippen LogP contribution in [0.4, 0.5) is 11.4 Å². The van der Waals surface area contributed by atoms with E-state index in [4.69, 9.17) is 11.6 Å². The number of hydrogen-bond acceptors (Lipinski definition) is 5. The van der Waals surface area contributed by atoms with Crippen LogP contribution in [-0.4, -0.2) is 43.3 Å². The lowest BCUT2D eigenvalue weighted by molar-refractivity contribution is -0.112. The third-order valence-electron chi connectivity index (χ3n) is 4.62. The molecule has 31 heavy (non-hydrogen) atoms. The molecule has 0 saturated carbocycles. The van der Waals surface area contributed by atoms with Gasteiger partial charge in [-0.1, -0.05) is 23.7 Å². The predicted molar refractivity (Wildman–Crippen MR) is 120 cm³/mol. The molecule has 2 aromatic carbocycles. The van der Waals surface area contributed by atoms with Gasteiger partial charge in [0.15, 0.2) is 5.84 Å². The molecule has 0 atom stereocenters. The minimum atomic E-state index is -3.63. The highest BCUT2D eigenvalue weighted by Gasteiger charge is 2.30. The Morgan fingerprint density at radius 3 is 2.52 bits per heavy atom. The first-order chi connectivity index (χ1) is 14.8. The zero-order chi connectivity index (χ0) is 22.0. The smallest absolute Gasteiger partial charge is 0.259 e. The molecule has 2 aromatic rings. The fraction of sp³-hybridized carbons (Fsp3) is 0.0952. The Kier molecular flexibility index (Phi) is 5.62. The zero-order valence-corrected chi connectivity index (χ0v) is 17.7. The van der Waals surface area contributed by atoms with Gasteiger partial charge in [0.05, 0.1) is 22.6 Å². The van der Waals surface area contributed by atoms with Gasteiger partial charge in [0, 0.05) is 23.5 Å². The molecule has 2 heterocycles. The summed E-state index contributed by atoms with van der Waals surface area (Å²) in [6.45, 7) is 0.211. The van der Waals surface area contributed by atoms with E-state index in [0.717, 1.165) is 0 Å². The van der Waals surface area contributed by atoms with Crippen molar-refractivity contribution in [1.29, 1.82) is 0 Å². The first kappa shape index (κ1) is 20.8. The fourth-order valence-corrected chi connectivity index (χ4v) is 4.22. The second kappa shape index (κ2) is 8.37. The average molecular weight is 457 g/mol. The minimum absolute atomic E-state index is 0.0642. The maximum atomic E-state index is 12.9. The number of rotatable bonds is 4. The van der Waals surface area contributed by atoms with Gasteiger partial charge < -0.3 is 15.5 Å². The fourth-order valence-electron chi connectivity index (χ4n) is 3.10. The highest BCUT2D eigenvalue weighted by Crippen LogP contribution is 2.22. The van der Waals surface area contributed by atoms with Crippen LogP contribution in [0.3, 0.4) is 0 Å². The summed E-state index contributed by atoms with van der Waals surface area (Å²) in [7, 11) is -3.63. The van der Waals surface area contributed by atoms with Crippen molar-refractivity contribution in [3.8, 4) is 0 Å². The highest BCUT2D eigenvalue weighted by atomic mass is 35.5. The molecule has 2 aliphatic rings. The number of fused-ring (bicyclic) bond motifs is 1. The second-order valence-electron chi connectivity index (χ2n) is 6.78. The van der Waals surface area contributed by atoms with E-state index in [1.807, 2.05) is 0 Å². The molecule has 4 rings (SSSR count). The summed E-state index contributed by atoms with van der Waals surface area (Å²) in [5.41, 5.74) is 1.17. The van der Waals surface area contributed by atoms with Gasteiger partial charge >= 0.3 is 0 Å². The Hall–Kier alpha value is -3.43. The van der Waals surface area contributed by atoms with E-state index in [-0.39, 0.29) is 35.0 Å². The van der Waals surface area contributed by atoms with Crippen molar-refractivity contribution in [2.45, 2.75) is 0 Å². The maximum Gasteiger partial charge on any atom is 0.259 e. The molecule has 0 saturated heterocycles. The molecule has 2 amide bonds. The van der Waals surface area contributed by atoms with Crippen LogP contribution in [-0.2, 0) is 14.8 Å². The number of nitrogens with zero attached hydrogens (tertiary/aromatic N) is 2. The number of halogens is 1. The van der Waals surface area contributed by atoms with Gasteiger partial charge in [-0.3, -0.25) is 9.59 Å². The monoisotopic (exact) mass is 456 g/mol. The molecule has 0 radical (unpaired) electrons. The van der Waals surface area contributed by atoms with E-state index in [2.05, 4.69) is 15.0 Å². The van der Waals surface area contributed by atoms with Crippen LogP contribution >= 0.6 is 11.6 Å². The van der Waals surface area contributed by atoms with E-state index in [1.165, 1.54) is 6.08 Å². The molecule has 0 aliphatic carbocycles. The Balaban J connectivity index is 1.57. The first-order valence-electron chi connectivity index (χ1n) is 9.28. The summed E-state index contributed by atoms with van der Waals surface area (Å²) in [6, 6.07) is 13.1. The zero-order valence-electron chi connectivity index (χ0n) is 16.1. The van der Waals surface area contributed by atoms with Crippen LogP contribution in [0.15, 0.2) is 76.9 Å². The van der Waals surface area contributed by atoms with Crippen molar-refractivity contribution in [3.63, 3.8) is 0 Å². The average Bonchev–Trinajstić information content (AvgIpc) is 2.74. The lowest BCUT2D eigenvalue weighted by atomic mass is 10.1. The quantitative estimate of drug-likeness (QED) is 0.735. The summed E-state index contributed by atoms with van der Waals surface area (Å²) >= 11 is 5.87. The topological polar surface area (TPSA) is 108 Å². The number of hydrogen-bond donors (Lipinski definition) is 2. The maximum absolute atomic E-state index is 12.9. The number of benzene rings is 2. The van der Waals surface area contributed by atoms with Crippen molar-refractivity contribution < 1.29 is 18.0 Å². The SMILES string of the molecule is O=C(Nc1ccccc1C(=O)Nc1ccc(Cl)cc1)C1=CC=CN2CCS(=O)(=O)N=C12. The van der Waals surface area contributed by atoms with E-state index in [9.17, 15) is 18.0 Å². The molecule has 2 N–H and O–H groups in total. The third-order valence-corrected chi connectivity index (χ3v) is 6.03. The van der Waals surface area contributed by atoms with Gasteiger partial charge in [0.25, 0.3) is 21.8 Å². The Bertz CT molecular complexity index is 1250. The van der Waals surface area contributed by atoms with Crippen molar-refractivity contribution in [1.82, 2.24) is 4.90 Å². The summed E-state index contributed by atoms with van der Waals surface area (Å²) in [5.74, 6) is -1.05. The number of para-hydroxylation sites is 1. The number of sulfonamides is 1. The Morgan fingerprint density at radius 1 is 1.00 bits per heavy atom. The van der Waals surface area contributed by atoms with Gasteiger partial charge in [-0.25, -0.2) is 8.42 Å². The number of anilines is 2. The van der Waals surface area contributed by atoms with Crippen LogP contribution in [0, 0.1) is 0 Å². The predicted octanol–water partition coefficient (Wildman–Crippen LogP) is 3.03. The van der Waals surface area contributed by atoms with E-state index in [1.54, 1.807) is 65.7 Å². The van der Waals surface area contributed by atoms with Gasteiger partial charge in [0.2, 0.25) is 0 Å². The molecule has 0 fully saturated rings. The number of nitrogens with one attached hydrogen (secondary N) is 2. The summed E-state index contributed by atoms with van der Waals surface area (Å²) < 4.78 is 27.6. The van der Waals surface area contributed by atoms with Crippen molar-refractivity contribution in [2.24, 2.45) is 4.40 Å². The van der Waals surface area contributed by atoms with Gasteiger partial charge in [-0.2, -0.15) is 0 Å². The summed E-state index contributed by atoms with van der Waals surface area (Å²) in [4.78, 5) is 27.3. The van der Waals surface area contributed by atoms with Crippen LogP contribution in [0.5, 0.6) is 0 Å². The molecule has 2 aliphatic heterocycles. The minimum Gasteiger partial charge on any atom is -0.331 e.